The average molecular weight is 318 g/mol. The Morgan fingerprint density at radius 1 is 1.15 bits per heavy atom. The number of hydrogen-bond acceptors (Lipinski definition) is 4. The molecular formula is C13H17Cl2N3O2. The van der Waals surface area contributed by atoms with E-state index >= 15 is 0 Å². The molecule has 0 aromatic heterocycles. The molecule has 0 atom stereocenters. The van der Waals surface area contributed by atoms with Crippen molar-refractivity contribution in [2.75, 3.05) is 12.4 Å². The molecule has 2 N–H and O–H groups in total. The number of halogens is 2. The van der Waals surface area contributed by atoms with Gasteiger partial charge < -0.3 is 10.6 Å². The molecule has 20 heavy (non-hydrogen) atoms. The third-order valence-corrected chi connectivity index (χ3v) is 4.45. The summed E-state index contributed by atoms with van der Waals surface area (Å²) in [7, 11) is 1.96. The zero-order valence-electron chi connectivity index (χ0n) is 11.2. The van der Waals surface area contributed by atoms with Crippen molar-refractivity contribution in [3.05, 3.63) is 32.3 Å². The van der Waals surface area contributed by atoms with Gasteiger partial charge in [0.1, 0.15) is 5.69 Å². The maximum Gasteiger partial charge on any atom is 0.293 e. The number of hydrogen-bond donors (Lipinski definition) is 2. The van der Waals surface area contributed by atoms with Crippen molar-refractivity contribution in [1.29, 1.82) is 0 Å². The van der Waals surface area contributed by atoms with Gasteiger partial charge in [0.2, 0.25) is 0 Å². The first-order chi connectivity index (χ1) is 9.51. The van der Waals surface area contributed by atoms with Crippen molar-refractivity contribution in [2.45, 2.75) is 37.8 Å². The lowest BCUT2D eigenvalue weighted by Gasteiger charge is -2.29. The van der Waals surface area contributed by atoms with Crippen LogP contribution >= 0.6 is 23.2 Å². The number of nitro benzene ring substituents is 1. The predicted octanol–water partition coefficient (Wildman–Crippen LogP) is 3.84. The topological polar surface area (TPSA) is 67.2 Å². The average Bonchev–Trinajstić information content (AvgIpc) is 2.43. The Kier molecular flexibility index (Phi) is 5.07. The molecule has 110 valence electrons. The Balaban J connectivity index is 2.13. The molecule has 1 aliphatic carbocycles. The van der Waals surface area contributed by atoms with Gasteiger partial charge in [0.15, 0.2) is 0 Å². The van der Waals surface area contributed by atoms with Crippen LogP contribution in [0.2, 0.25) is 10.0 Å². The summed E-state index contributed by atoms with van der Waals surface area (Å²) in [5.41, 5.74) is 0.410. The fraction of sp³-hybridized carbons (Fsp3) is 0.538. The lowest BCUT2D eigenvalue weighted by molar-refractivity contribution is -0.384. The summed E-state index contributed by atoms with van der Waals surface area (Å²) in [6.45, 7) is 0. The molecule has 0 heterocycles. The fourth-order valence-electron chi connectivity index (χ4n) is 2.55. The molecule has 7 heteroatoms. The minimum atomic E-state index is -0.441. The molecular weight excluding hydrogens is 301 g/mol. The number of rotatable bonds is 4. The maximum atomic E-state index is 11.1. The van der Waals surface area contributed by atoms with Crippen LogP contribution in [0.15, 0.2) is 12.1 Å². The second kappa shape index (κ2) is 6.61. The van der Waals surface area contributed by atoms with E-state index in [4.69, 9.17) is 23.2 Å². The van der Waals surface area contributed by atoms with Gasteiger partial charge in [-0.05, 0) is 38.8 Å². The summed E-state index contributed by atoms with van der Waals surface area (Å²) in [5, 5.41) is 18.1. The first kappa shape index (κ1) is 15.4. The fourth-order valence-corrected chi connectivity index (χ4v) is 2.87. The molecule has 0 amide bonds. The summed E-state index contributed by atoms with van der Waals surface area (Å²) in [4.78, 5) is 10.6. The van der Waals surface area contributed by atoms with E-state index < -0.39 is 4.92 Å². The molecule has 0 spiro atoms. The molecule has 1 aliphatic rings. The van der Waals surface area contributed by atoms with Crippen LogP contribution in [-0.4, -0.2) is 24.1 Å². The standard InChI is InChI=1S/C13H17Cl2N3O2/c1-16-8-2-4-9(5-3-8)17-12-6-10(14)11(15)7-13(12)18(19)20/h6-9,16-17H,2-5H2,1H3. The molecule has 0 bridgehead atoms. The predicted molar refractivity (Wildman–Crippen MR) is 81.8 cm³/mol. The van der Waals surface area contributed by atoms with Crippen LogP contribution in [0.4, 0.5) is 11.4 Å². The third kappa shape index (κ3) is 3.53. The van der Waals surface area contributed by atoms with Gasteiger partial charge in [0.05, 0.1) is 15.0 Å². The molecule has 1 aromatic rings. The normalized spacial score (nSPS) is 22.6. The lowest BCUT2D eigenvalue weighted by Crippen LogP contribution is -2.35. The van der Waals surface area contributed by atoms with E-state index in [0.29, 0.717) is 16.8 Å². The highest BCUT2D eigenvalue weighted by Gasteiger charge is 2.23. The molecule has 0 saturated heterocycles. The Labute approximate surface area is 127 Å². The van der Waals surface area contributed by atoms with E-state index in [-0.39, 0.29) is 16.8 Å². The summed E-state index contributed by atoms with van der Waals surface area (Å²) in [6.07, 6.45) is 4.07. The van der Waals surface area contributed by atoms with Crippen LogP contribution in [0.5, 0.6) is 0 Å². The van der Waals surface area contributed by atoms with Gasteiger partial charge in [0.25, 0.3) is 5.69 Å². The molecule has 1 saturated carbocycles. The summed E-state index contributed by atoms with van der Waals surface area (Å²) in [5.74, 6) is 0. The zero-order chi connectivity index (χ0) is 14.7. The molecule has 1 aromatic carbocycles. The summed E-state index contributed by atoms with van der Waals surface area (Å²) >= 11 is 11.8. The highest BCUT2D eigenvalue weighted by atomic mass is 35.5. The Bertz CT molecular complexity index is 503. The van der Waals surface area contributed by atoms with Crippen LogP contribution in [0, 0.1) is 10.1 Å². The van der Waals surface area contributed by atoms with Crippen molar-refractivity contribution in [3.63, 3.8) is 0 Å². The van der Waals surface area contributed by atoms with Crippen molar-refractivity contribution in [3.8, 4) is 0 Å². The van der Waals surface area contributed by atoms with Gasteiger partial charge in [-0.2, -0.15) is 0 Å². The van der Waals surface area contributed by atoms with Crippen molar-refractivity contribution < 1.29 is 4.92 Å². The number of anilines is 1. The van der Waals surface area contributed by atoms with Crippen molar-refractivity contribution in [1.82, 2.24) is 5.32 Å². The smallest absolute Gasteiger partial charge is 0.293 e. The monoisotopic (exact) mass is 317 g/mol. The zero-order valence-corrected chi connectivity index (χ0v) is 12.7. The second-order valence-electron chi connectivity index (χ2n) is 5.02. The first-order valence-electron chi connectivity index (χ1n) is 6.58. The van der Waals surface area contributed by atoms with E-state index in [1.807, 2.05) is 7.05 Å². The van der Waals surface area contributed by atoms with Crippen molar-refractivity contribution in [2.24, 2.45) is 0 Å². The van der Waals surface area contributed by atoms with Gasteiger partial charge in [-0.1, -0.05) is 23.2 Å². The van der Waals surface area contributed by atoms with E-state index in [0.717, 1.165) is 25.7 Å². The molecule has 1 fully saturated rings. The first-order valence-corrected chi connectivity index (χ1v) is 7.34. The van der Waals surface area contributed by atoms with Crippen LogP contribution in [0.3, 0.4) is 0 Å². The van der Waals surface area contributed by atoms with Gasteiger partial charge in [-0.15, -0.1) is 0 Å². The highest BCUT2D eigenvalue weighted by molar-refractivity contribution is 6.42. The van der Waals surface area contributed by atoms with E-state index in [9.17, 15) is 10.1 Å². The minimum Gasteiger partial charge on any atom is -0.377 e. The summed E-state index contributed by atoms with van der Waals surface area (Å²) < 4.78 is 0. The number of nitro groups is 1. The quantitative estimate of drug-likeness (QED) is 0.654. The largest absolute Gasteiger partial charge is 0.377 e. The Hall–Kier alpha value is -1.04. The Morgan fingerprint density at radius 2 is 1.70 bits per heavy atom. The molecule has 0 aliphatic heterocycles. The van der Waals surface area contributed by atoms with Gasteiger partial charge in [-0.25, -0.2) is 0 Å². The number of benzene rings is 1. The maximum absolute atomic E-state index is 11.1. The van der Waals surface area contributed by atoms with Crippen LogP contribution in [0.1, 0.15) is 25.7 Å². The van der Waals surface area contributed by atoms with Gasteiger partial charge in [0, 0.05) is 18.2 Å². The van der Waals surface area contributed by atoms with E-state index in [2.05, 4.69) is 10.6 Å². The van der Waals surface area contributed by atoms with E-state index in [1.165, 1.54) is 12.1 Å². The summed E-state index contributed by atoms with van der Waals surface area (Å²) in [6, 6.07) is 3.60. The highest BCUT2D eigenvalue weighted by Crippen LogP contribution is 2.35. The third-order valence-electron chi connectivity index (χ3n) is 3.73. The Morgan fingerprint density at radius 3 is 2.25 bits per heavy atom. The van der Waals surface area contributed by atoms with Crippen LogP contribution in [0.25, 0.3) is 0 Å². The number of nitrogens with zero attached hydrogens (tertiary/aromatic N) is 1. The SMILES string of the molecule is CNC1CCC(Nc2cc(Cl)c(Cl)cc2[N+](=O)[O-])CC1. The van der Waals surface area contributed by atoms with Crippen LogP contribution in [-0.2, 0) is 0 Å². The molecule has 0 unspecified atom stereocenters. The molecule has 2 rings (SSSR count). The van der Waals surface area contributed by atoms with Crippen LogP contribution < -0.4 is 10.6 Å². The number of nitrogens with one attached hydrogen (secondary N) is 2. The van der Waals surface area contributed by atoms with Gasteiger partial charge in [-0.3, -0.25) is 10.1 Å². The second-order valence-corrected chi connectivity index (χ2v) is 5.84. The van der Waals surface area contributed by atoms with Gasteiger partial charge >= 0.3 is 0 Å². The van der Waals surface area contributed by atoms with Crippen molar-refractivity contribution >= 4 is 34.6 Å². The molecule has 0 radical (unpaired) electrons. The minimum absolute atomic E-state index is 0.0323. The molecule has 5 nitrogen and oxygen atoms in total. The van der Waals surface area contributed by atoms with E-state index in [1.54, 1.807) is 0 Å². The lowest BCUT2D eigenvalue weighted by atomic mass is 9.91.